The van der Waals surface area contributed by atoms with Gasteiger partial charge < -0.3 is 10.2 Å². The number of anilines is 1. The number of nitrogens with zero attached hydrogens (tertiary/aromatic N) is 2. The highest BCUT2D eigenvalue weighted by Crippen LogP contribution is 2.17. The van der Waals surface area contributed by atoms with Crippen LogP contribution in [0.3, 0.4) is 0 Å². The Labute approximate surface area is 137 Å². The van der Waals surface area contributed by atoms with Gasteiger partial charge in [0.05, 0.1) is 11.9 Å². The first kappa shape index (κ1) is 15.3. The molecule has 0 aliphatic carbocycles. The second-order valence-corrected chi connectivity index (χ2v) is 6.25. The number of pyridine rings is 1. The van der Waals surface area contributed by atoms with Crippen LogP contribution in [0.5, 0.6) is 0 Å². The van der Waals surface area contributed by atoms with E-state index in [1.54, 1.807) is 0 Å². The number of aromatic nitrogens is 1. The largest absolute Gasteiger partial charge is 0.381 e. The lowest BCUT2D eigenvalue weighted by molar-refractivity contribution is 0.221. The molecule has 3 rings (SSSR count). The van der Waals surface area contributed by atoms with Crippen molar-refractivity contribution in [1.29, 1.82) is 0 Å². The van der Waals surface area contributed by atoms with E-state index in [-0.39, 0.29) is 0 Å². The van der Waals surface area contributed by atoms with Crippen LogP contribution in [0, 0.1) is 0 Å². The van der Waals surface area contributed by atoms with E-state index in [0.717, 1.165) is 31.7 Å². The Hall–Kier alpha value is -1.58. The molecule has 0 amide bonds. The van der Waals surface area contributed by atoms with Gasteiger partial charge in [-0.15, -0.1) is 0 Å². The maximum Gasteiger partial charge on any atom is 0.129 e. The molecule has 0 spiro atoms. The fourth-order valence-corrected chi connectivity index (χ4v) is 3.04. The smallest absolute Gasteiger partial charge is 0.129 e. The molecule has 0 saturated carbocycles. The fourth-order valence-electron chi connectivity index (χ4n) is 2.93. The normalized spacial score (nSPS) is 16.6. The van der Waals surface area contributed by atoms with Gasteiger partial charge in [-0.25, -0.2) is 4.98 Å². The molecule has 2 heterocycles. The molecule has 2 aromatic rings. The van der Waals surface area contributed by atoms with Gasteiger partial charge in [-0.1, -0.05) is 41.9 Å². The van der Waals surface area contributed by atoms with Crippen molar-refractivity contribution >= 4 is 17.3 Å². The van der Waals surface area contributed by atoms with E-state index in [1.807, 2.05) is 18.3 Å². The third-order valence-electron chi connectivity index (χ3n) is 4.25. The van der Waals surface area contributed by atoms with Crippen molar-refractivity contribution in [2.75, 3.05) is 25.0 Å². The number of likely N-dealkylation sites (tertiary alicyclic amines) is 1. The molecular weight excluding hydrogens is 294 g/mol. The maximum atomic E-state index is 5.81. The molecule has 116 valence electrons. The number of piperidine rings is 1. The molecule has 1 aromatic carbocycles. The highest BCUT2D eigenvalue weighted by molar-refractivity contribution is 6.29. The van der Waals surface area contributed by atoms with Crippen molar-refractivity contribution in [1.82, 2.24) is 9.88 Å². The average molecular weight is 316 g/mol. The van der Waals surface area contributed by atoms with Gasteiger partial charge in [0.15, 0.2) is 0 Å². The minimum atomic E-state index is 0.538. The van der Waals surface area contributed by atoms with Crippen LogP contribution in [0.2, 0.25) is 5.15 Å². The Kier molecular flexibility index (Phi) is 5.30. The van der Waals surface area contributed by atoms with Crippen LogP contribution in [0.25, 0.3) is 0 Å². The Morgan fingerprint density at radius 3 is 2.55 bits per heavy atom. The summed E-state index contributed by atoms with van der Waals surface area (Å²) in [7, 11) is 0. The maximum absolute atomic E-state index is 5.81. The number of rotatable bonds is 5. The molecule has 1 N–H and O–H groups in total. The molecule has 1 aliphatic rings. The Balaban J connectivity index is 1.41. The number of hydrogen-bond donors (Lipinski definition) is 1. The lowest BCUT2D eigenvalue weighted by Gasteiger charge is -2.32. The first-order valence-corrected chi connectivity index (χ1v) is 8.32. The second-order valence-electron chi connectivity index (χ2n) is 5.87. The summed E-state index contributed by atoms with van der Waals surface area (Å²) >= 11 is 5.81. The molecule has 1 aliphatic heterocycles. The molecule has 3 nitrogen and oxygen atoms in total. The molecule has 0 radical (unpaired) electrons. The summed E-state index contributed by atoms with van der Waals surface area (Å²) < 4.78 is 0. The molecular formula is C18H22ClN3. The van der Waals surface area contributed by atoms with Crippen LogP contribution in [-0.2, 0) is 6.42 Å². The van der Waals surface area contributed by atoms with Crippen molar-refractivity contribution in [2.45, 2.75) is 25.3 Å². The van der Waals surface area contributed by atoms with E-state index in [4.69, 9.17) is 11.6 Å². The molecule has 0 bridgehead atoms. The van der Waals surface area contributed by atoms with Gasteiger partial charge in [-0.3, -0.25) is 0 Å². The molecule has 22 heavy (non-hydrogen) atoms. The van der Waals surface area contributed by atoms with E-state index in [1.165, 1.54) is 18.4 Å². The third-order valence-corrected chi connectivity index (χ3v) is 4.47. The van der Waals surface area contributed by atoms with Crippen LogP contribution < -0.4 is 5.32 Å². The Bertz CT molecular complexity index is 563. The van der Waals surface area contributed by atoms with Crippen molar-refractivity contribution in [2.24, 2.45) is 0 Å². The van der Waals surface area contributed by atoms with Crippen molar-refractivity contribution in [3.05, 3.63) is 59.4 Å². The summed E-state index contributed by atoms with van der Waals surface area (Å²) in [4.78, 5) is 6.68. The predicted molar refractivity (Wildman–Crippen MR) is 92.5 cm³/mol. The summed E-state index contributed by atoms with van der Waals surface area (Å²) in [5, 5.41) is 4.10. The second kappa shape index (κ2) is 7.61. The quantitative estimate of drug-likeness (QED) is 0.849. The molecule has 0 atom stereocenters. The predicted octanol–water partition coefficient (Wildman–Crippen LogP) is 3.85. The zero-order chi connectivity index (χ0) is 15.2. The van der Waals surface area contributed by atoms with E-state index >= 15 is 0 Å². The van der Waals surface area contributed by atoms with Crippen LogP contribution in [0.4, 0.5) is 5.69 Å². The summed E-state index contributed by atoms with van der Waals surface area (Å²) in [5.41, 5.74) is 2.49. The zero-order valence-corrected chi connectivity index (χ0v) is 13.5. The fraction of sp³-hybridized carbons (Fsp3) is 0.389. The van der Waals surface area contributed by atoms with Gasteiger partial charge in [0.2, 0.25) is 0 Å². The SMILES string of the molecule is Clc1ccc(NC2CCN(CCc3ccccc3)CC2)cn1. The summed E-state index contributed by atoms with van der Waals surface area (Å²) in [6.07, 6.45) is 5.30. The summed E-state index contributed by atoms with van der Waals surface area (Å²) in [6.45, 7) is 3.47. The molecule has 1 fully saturated rings. The minimum Gasteiger partial charge on any atom is -0.381 e. The van der Waals surface area contributed by atoms with E-state index in [0.29, 0.717) is 11.2 Å². The Morgan fingerprint density at radius 2 is 1.86 bits per heavy atom. The lowest BCUT2D eigenvalue weighted by Crippen LogP contribution is -2.40. The standard InChI is InChI=1S/C18H22ClN3/c19-18-7-6-17(14-20-18)21-16-9-12-22(13-10-16)11-8-15-4-2-1-3-5-15/h1-7,14,16,21H,8-13H2. The lowest BCUT2D eigenvalue weighted by atomic mass is 10.0. The van der Waals surface area contributed by atoms with Crippen molar-refractivity contribution in [3.63, 3.8) is 0 Å². The topological polar surface area (TPSA) is 28.2 Å². The van der Waals surface area contributed by atoms with Gasteiger partial charge in [-0.05, 0) is 37.0 Å². The summed E-state index contributed by atoms with van der Waals surface area (Å²) in [5.74, 6) is 0. The van der Waals surface area contributed by atoms with Crippen molar-refractivity contribution in [3.8, 4) is 0 Å². The van der Waals surface area contributed by atoms with E-state index in [9.17, 15) is 0 Å². The van der Waals surface area contributed by atoms with Crippen LogP contribution >= 0.6 is 11.6 Å². The first-order chi connectivity index (χ1) is 10.8. The van der Waals surface area contributed by atoms with Crippen LogP contribution in [0.1, 0.15) is 18.4 Å². The number of halogens is 1. The molecule has 4 heteroatoms. The average Bonchev–Trinajstić information content (AvgIpc) is 2.57. The molecule has 0 unspecified atom stereocenters. The number of nitrogens with one attached hydrogen (secondary N) is 1. The highest BCUT2D eigenvalue weighted by Gasteiger charge is 2.18. The highest BCUT2D eigenvalue weighted by atomic mass is 35.5. The van der Waals surface area contributed by atoms with Crippen LogP contribution in [-0.4, -0.2) is 35.6 Å². The van der Waals surface area contributed by atoms with Gasteiger partial charge in [-0.2, -0.15) is 0 Å². The van der Waals surface area contributed by atoms with Crippen molar-refractivity contribution < 1.29 is 0 Å². The van der Waals surface area contributed by atoms with Crippen LogP contribution in [0.15, 0.2) is 48.7 Å². The third kappa shape index (κ3) is 4.46. The molecule has 1 aromatic heterocycles. The number of hydrogen-bond acceptors (Lipinski definition) is 3. The number of benzene rings is 1. The summed E-state index contributed by atoms with van der Waals surface area (Å²) in [6, 6.07) is 15.1. The van der Waals surface area contributed by atoms with E-state index < -0.39 is 0 Å². The zero-order valence-electron chi connectivity index (χ0n) is 12.7. The van der Waals surface area contributed by atoms with Gasteiger partial charge in [0.25, 0.3) is 0 Å². The minimum absolute atomic E-state index is 0.538. The monoisotopic (exact) mass is 315 g/mol. The van der Waals surface area contributed by atoms with Gasteiger partial charge >= 0.3 is 0 Å². The molecule has 1 saturated heterocycles. The Morgan fingerprint density at radius 1 is 1.09 bits per heavy atom. The van der Waals surface area contributed by atoms with E-state index in [2.05, 4.69) is 45.5 Å². The van der Waals surface area contributed by atoms with Gasteiger partial charge in [0, 0.05) is 25.7 Å². The first-order valence-electron chi connectivity index (χ1n) is 7.94. The van der Waals surface area contributed by atoms with Gasteiger partial charge in [0.1, 0.15) is 5.15 Å².